The van der Waals surface area contributed by atoms with Crippen molar-refractivity contribution >= 4 is 21.9 Å². The summed E-state index contributed by atoms with van der Waals surface area (Å²) < 4.78 is 2.11. The average molecular weight is 272 g/mol. The highest BCUT2D eigenvalue weighted by Gasteiger charge is 2.22. The van der Waals surface area contributed by atoms with Gasteiger partial charge in [-0.1, -0.05) is 28.8 Å². The number of imidazole rings is 1. The molecule has 1 aromatic rings. The molecule has 4 heteroatoms. The second-order valence-electron chi connectivity index (χ2n) is 4.19. The summed E-state index contributed by atoms with van der Waals surface area (Å²) in [6.45, 7) is 1.14. The molecule has 0 N–H and O–H groups in total. The normalized spacial score (nSPS) is 22.8. The van der Waals surface area contributed by atoms with Crippen molar-refractivity contribution in [2.75, 3.05) is 16.8 Å². The fraction of sp³-hybridized carbons (Fsp3) is 0.727. The van der Waals surface area contributed by atoms with Crippen LogP contribution in [0.5, 0.6) is 0 Å². The van der Waals surface area contributed by atoms with Gasteiger partial charge in [0.25, 0.3) is 0 Å². The van der Waals surface area contributed by atoms with E-state index in [9.17, 15) is 0 Å². The van der Waals surface area contributed by atoms with Crippen molar-refractivity contribution < 1.29 is 0 Å². The Labute approximate surface area is 99.6 Å². The van der Waals surface area contributed by atoms with Crippen LogP contribution in [0.15, 0.2) is 12.4 Å². The van der Waals surface area contributed by atoms with Crippen LogP contribution in [0.25, 0.3) is 0 Å². The lowest BCUT2D eigenvalue weighted by Crippen LogP contribution is -2.37. The van der Waals surface area contributed by atoms with Gasteiger partial charge < -0.3 is 9.47 Å². The van der Waals surface area contributed by atoms with E-state index in [1.165, 1.54) is 25.7 Å². The molecule has 0 bridgehead atoms. The van der Waals surface area contributed by atoms with Crippen molar-refractivity contribution in [2.45, 2.75) is 31.7 Å². The minimum atomic E-state index is 0.605. The Bertz CT molecular complexity index is 311. The predicted molar refractivity (Wildman–Crippen MR) is 66.6 cm³/mol. The second-order valence-corrected chi connectivity index (χ2v) is 4.84. The predicted octanol–water partition coefficient (Wildman–Crippen LogP) is 2.56. The first-order valence-electron chi connectivity index (χ1n) is 5.63. The lowest BCUT2D eigenvalue weighted by Gasteiger charge is -2.29. The van der Waals surface area contributed by atoms with Gasteiger partial charge in [0.2, 0.25) is 5.95 Å². The molecule has 1 aromatic heterocycles. The molecule has 2 heterocycles. The maximum Gasteiger partial charge on any atom is 0.205 e. The number of aryl methyl sites for hydroxylation is 1. The van der Waals surface area contributed by atoms with E-state index < -0.39 is 0 Å². The molecule has 84 valence electrons. The highest BCUT2D eigenvalue weighted by Crippen LogP contribution is 2.23. The van der Waals surface area contributed by atoms with Gasteiger partial charge in [-0.15, -0.1) is 0 Å². The van der Waals surface area contributed by atoms with Crippen LogP contribution in [0.2, 0.25) is 0 Å². The average Bonchev–Trinajstić information content (AvgIpc) is 2.54. The fourth-order valence-corrected chi connectivity index (χ4v) is 2.91. The summed E-state index contributed by atoms with van der Waals surface area (Å²) in [5.41, 5.74) is 0. The molecule has 1 aliphatic heterocycles. The van der Waals surface area contributed by atoms with Crippen molar-refractivity contribution in [3.63, 3.8) is 0 Å². The van der Waals surface area contributed by atoms with Crippen molar-refractivity contribution in [3.05, 3.63) is 12.4 Å². The first-order chi connectivity index (χ1) is 7.33. The van der Waals surface area contributed by atoms with Gasteiger partial charge in [-0.05, 0) is 12.8 Å². The topological polar surface area (TPSA) is 21.1 Å². The SMILES string of the molecule is Cn1ccnc1N1CCCCCC1CBr. The summed E-state index contributed by atoms with van der Waals surface area (Å²) >= 11 is 3.62. The van der Waals surface area contributed by atoms with E-state index in [1.807, 2.05) is 12.4 Å². The Morgan fingerprint density at radius 2 is 2.33 bits per heavy atom. The van der Waals surface area contributed by atoms with Gasteiger partial charge in [-0.2, -0.15) is 0 Å². The third kappa shape index (κ3) is 2.36. The highest BCUT2D eigenvalue weighted by molar-refractivity contribution is 9.09. The van der Waals surface area contributed by atoms with E-state index >= 15 is 0 Å². The summed E-state index contributed by atoms with van der Waals surface area (Å²) in [5.74, 6) is 1.11. The molecule has 1 aliphatic rings. The first kappa shape index (κ1) is 11.0. The molecule has 1 fully saturated rings. The van der Waals surface area contributed by atoms with Crippen LogP contribution in [0, 0.1) is 0 Å². The zero-order valence-corrected chi connectivity index (χ0v) is 10.8. The lowest BCUT2D eigenvalue weighted by atomic mass is 10.1. The van der Waals surface area contributed by atoms with Crippen LogP contribution in [0.4, 0.5) is 5.95 Å². The van der Waals surface area contributed by atoms with E-state index in [0.29, 0.717) is 6.04 Å². The summed E-state index contributed by atoms with van der Waals surface area (Å²) in [4.78, 5) is 6.89. The van der Waals surface area contributed by atoms with Gasteiger partial charge in [0.15, 0.2) is 0 Å². The Balaban J connectivity index is 2.20. The molecule has 0 radical (unpaired) electrons. The van der Waals surface area contributed by atoms with Gasteiger partial charge in [0.1, 0.15) is 0 Å². The number of hydrogen-bond acceptors (Lipinski definition) is 2. The Hall–Kier alpha value is -0.510. The van der Waals surface area contributed by atoms with Crippen LogP contribution in [-0.2, 0) is 7.05 Å². The summed E-state index contributed by atoms with van der Waals surface area (Å²) in [5, 5.41) is 1.04. The van der Waals surface area contributed by atoms with Gasteiger partial charge >= 0.3 is 0 Å². The zero-order chi connectivity index (χ0) is 10.7. The molecule has 15 heavy (non-hydrogen) atoms. The van der Waals surface area contributed by atoms with Crippen molar-refractivity contribution in [1.29, 1.82) is 0 Å². The van der Waals surface area contributed by atoms with E-state index in [4.69, 9.17) is 0 Å². The summed E-state index contributed by atoms with van der Waals surface area (Å²) in [6.07, 6.45) is 9.16. The Kier molecular flexibility index (Phi) is 3.67. The second kappa shape index (κ2) is 5.01. The van der Waals surface area contributed by atoms with Gasteiger partial charge in [0.05, 0.1) is 0 Å². The maximum absolute atomic E-state index is 4.45. The number of alkyl halides is 1. The molecule has 1 saturated heterocycles. The van der Waals surface area contributed by atoms with Crippen LogP contribution in [-0.4, -0.2) is 27.5 Å². The minimum Gasteiger partial charge on any atom is -0.338 e. The number of rotatable bonds is 2. The van der Waals surface area contributed by atoms with Crippen LogP contribution < -0.4 is 4.90 Å². The Morgan fingerprint density at radius 1 is 1.47 bits per heavy atom. The third-order valence-electron chi connectivity index (χ3n) is 3.11. The van der Waals surface area contributed by atoms with Crippen LogP contribution >= 0.6 is 15.9 Å². The summed E-state index contributed by atoms with van der Waals surface area (Å²) in [7, 11) is 2.07. The molecule has 0 saturated carbocycles. The Morgan fingerprint density at radius 3 is 3.00 bits per heavy atom. The highest BCUT2D eigenvalue weighted by atomic mass is 79.9. The molecule has 0 aromatic carbocycles. The molecule has 1 atom stereocenters. The number of halogens is 1. The number of hydrogen-bond donors (Lipinski definition) is 0. The quantitative estimate of drug-likeness (QED) is 0.771. The first-order valence-corrected chi connectivity index (χ1v) is 6.75. The number of nitrogens with zero attached hydrogens (tertiary/aromatic N) is 3. The van der Waals surface area contributed by atoms with Gasteiger partial charge in [0, 0.05) is 37.4 Å². The molecular weight excluding hydrogens is 254 g/mol. The van der Waals surface area contributed by atoms with Gasteiger partial charge in [-0.3, -0.25) is 0 Å². The smallest absolute Gasteiger partial charge is 0.205 e. The molecule has 0 aliphatic carbocycles. The van der Waals surface area contributed by atoms with Crippen molar-refractivity contribution in [3.8, 4) is 0 Å². The van der Waals surface area contributed by atoms with E-state index in [-0.39, 0.29) is 0 Å². The van der Waals surface area contributed by atoms with Crippen LogP contribution in [0.3, 0.4) is 0 Å². The van der Waals surface area contributed by atoms with Gasteiger partial charge in [-0.25, -0.2) is 4.98 Å². The fourth-order valence-electron chi connectivity index (χ4n) is 2.24. The van der Waals surface area contributed by atoms with Crippen LogP contribution in [0.1, 0.15) is 25.7 Å². The number of anilines is 1. The third-order valence-corrected chi connectivity index (χ3v) is 3.86. The molecule has 0 spiro atoms. The standard InChI is InChI=1S/C11H18BrN3/c1-14-8-6-13-11(14)15-7-4-2-3-5-10(15)9-12/h6,8,10H,2-5,7,9H2,1H3. The molecule has 2 rings (SSSR count). The zero-order valence-electron chi connectivity index (χ0n) is 9.19. The largest absolute Gasteiger partial charge is 0.338 e. The minimum absolute atomic E-state index is 0.605. The van der Waals surface area contributed by atoms with Crippen molar-refractivity contribution in [1.82, 2.24) is 9.55 Å². The van der Waals surface area contributed by atoms with Crippen molar-refractivity contribution in [2.24, 2.45) is 7.05 Å². The number of aromatic nitrogens is 2. The molecule has 1 unspecified atom stereocenters. The summed E-state index contributed by atoms with van der Waals surface area (Å²) in [6, 6.07) is 0.605. The maximum atomic E-state index is 4.45. The van der Waals surface area contributed by atoms with E-state index in [1.54, 1.807) is 0 Å². The van der Waals surface area contributed by atoms with E-state index in [2.05, 4.69) is 37.4 Å². The van der Waals surface area contributed by atoms with E-state index in [0.717, 1.165) is 17.8 Å². The lowest BCUT2D eigenvalue weighted by molar-refractivity contribution is 0.607. The molecular formula is C11H18BrN3. The molecule has 0 amide bonds. The monoisotopic (exact) mass is 271 g/mol. The molecule has 3 nitrogen and oxygen atoms in total.